The number of aromatic nitrogens is 2. The number of nitro groups is 2. The highest BCUT2D eigenvalue weighted by atomic mass is 19.1. The molecule has 0 amide bonds. The average molecular weight is 400 g/mol. The third-order valence-corrected chi connectivity index (χ3v) is 4.18. The van der Waals surface area contributed by atoms with Crippen LogP contribution in [0.15, 0.2) is 64.3 Å². The number of nitro benzene ring substituents is 2. The zero-order valence-electron chi connectivity index (χ0n) is 14.7. The minimum Gasteiger partial charge on any atom is -0.293 e. The van der Waals surface area contributed by atoms with E-state index in [9.17, 15) is 34.2 Å². The summed E-state index contributed by atoms with van der Waals surface area (Å²) in [6.07, 6.45) is 0.776. The first-order chi connectivity index (χ1) is 13.8. The summed E-state index contributed by atoms with van der Waals surface area (Å²) in [6.45, 7) is -0.373. The van der Waals surface area contributed by atoms with Crippen molar-refractivity contribution in [3.8, 4) is 0 Å². The third-order valence-electron chi connectivity index (χ3n) is 4.18. The molecule has 3 rings (SSSR count). The van der Waals surface area contributed by atoms with Crippen molar-refractivity contribution < 1.29 is 14.2 Å². The van der Waals surface area contributed by atoms with Gasteiger partial charge in [-0.05, 0) is 11.1 Å². The van der Waals surface area contributed by atoms with Crippen LogP contribution < -0.4 is 11.2 Å². The SMILES string of the molecule is O=c1c(F)cn(Cc2ccc([N+](=O)[O-])cc2)c(=O)n1Cc1ccc([N+](=O)[O-])cc1. The lowest BCUT2D eigenvalue weighted by molar-refractivity contribution is -0.385. The Labute approximate surface area is 161 Å². The Balaban J connectivity index is 1.93. The first-order valence-electron chi connectivity index (χ1n) is 8.22. The zero-order chi connectivity index (χ0) is 21.1. The second kappa shape index (κ2) is 7.84. The van der Waals surface area contributed by atoms with Crippen LogP contribution in [0.4, 0.5) is 15.8 Å². The highest BCUT2D eigenvalue weighted by Gasteiger charge is 2.14. The quantitative estimate of drug-likeness (QED) is 0.460. The topological polar surface area (TPSA) is 130 Å². The van der Waals surface area contributed by atoms with Gasteiger partial charge in [-0.2, -0.15) is 4.39 Å². The largest absolute Gasteiger partial charge is 0.331 e. The smallest absolute Gasteiger partial charge is 0.293 e. The summed E-state index contributed by atoms with van der Waals surface area (Å²) >= 11 is 0. The van der Waals surface area contributed by atoms with Crippen molar-refractivity contribution in [2.45, 2.75) is 13.1 Å². The second-order valence-corrected chi connectivity index (χ2v) is 6.13. The van der Waals surface area contributed by atoms with Crippen LogP contribution in [-0.4, -0.2) is 19.0 Å². The normalized spacial score (nSPS) is 10.7. The summed E-state index contributed by atoms with van der Waals surface area (Å²) in [5.41, 5.74) is -1.28. The molecule has 0 aliphatic carbocycles. The molecule has 10 nitrogen and oxygen atoms in total. The van der Waals surface area contributed by atoms with Gasteiger partial charge in [0, 0.05) is 24.3 Å². The summed E-state index contributed by atoms with van der Waals surface area (Å²) in [4.78, 5) is 45.0. The molecule has 1 heterocycles. The van der Waals surface area contributed by atoms with Gasteiger partial charge in [-0.15, -0.1) is 0 Å². The van der Waals surface area contributed by atoms with Crippen LogP contribution in [0.1, 0.15) is 11.1 Å². The van der Waals surface area contributed by atoms with E-state index in [4.69, 9.17) is 0 Å². The van der Waals surface area contributed by atoms with Crippen molar-refractivity contribution in [2.75, 3.05) is 0 Å². The molecule has 0 spiro atoms. The summed E-state index contributed by atoms with van der Waals surface area (Å²) in [5, 5.41) is 21.4. The highest BCUT2D eigenvalue weighted by molar-refractivity contribution is 5.34. The van der Waals surface area contributed by atoms with Crippen LogP contribution in [0.25, 0.3) is 0 Å². The molecule has 0 saturated carbocycles. The van der Waals surface area contributed by atoms with Crippen molar-refractivity contribution in [3.63, 3.8) is 0 Å². The van der Waals surface area contributed by atoms with Crippen molar-refractivity contribution in [2.24, 2.45) is 0 Å². The Morgan fingerprint density at radius 2 is 1.24 bits per heavy atom. The van der Waals surface area contributed by atoms with E-state index in [1.807, 2.05) is 0 Å². The van der Waals surface area contributed by atoms with Crippen LogP contribution >= 0.6 is 0 Å². The minimum atomic E-state index is -1.14. The van der Waals surface area contributed by atoms with Gasteiger partial charge in [0.2, 0.25) is 5.82 Å². The molecule has 0 aliphatic rings. The van der Waals surface area contributed by atoms with Crippen LogP contribution in [0.2, 0.25) is 0 Å². The molecule has 0 bridgehead atoms. The highest BCUT2D eigenvalue weighted by Crippen LogP contribution is 2.13. The summed E-state index contributed by atoms with van der Waals surface area (Å²) < 4.78 is 15.8. The number of hydrogen-bond acceptors (Lipinski definition) is 6. The van der Waals surface area contributed by atoms with Crippen molar-refractivity contribution in [3.05, 3.63) is 113 Å². The Bertz CT molecular complexity index is 1200. The Morgan fingerprint density at radius 3 is 1.69 bits per heavy atom. The van der Waals surface area contributed by atoms with E-state index in [-0.39, 0.29) is 24.5 Å². The molecule has 2 aromatic carbocycles. The predicted octanol–water partition coefficient (Wildman–Crippen LogP) is 2.06. The fourth-order valence-corrected chi connectivity index (χ4v) is 2.70. The van der Waals surface area contributed by atoms with E-state index in [2.05, 4.69) is 0 Å². The molecule has 11 heteroatoms. The standard InChI is InChI=1S/C18H13FN4O6/c19-16-11-20(9-12-1-5-14(6-2-12)22(26)27)18(25)21(17(16)24)10-13-3-7-15(8-4-13)23(28)29/h1-8,11H,9-10H2. The Kier molecular flexibility index (Phi) is 5.30. The molecule has 0 N–H and O–H groups in total. The van der Waals surface area contributed by atoms with Gasteiger partial charge in [-0.25, -0.2) is 4.79 Å². The molecule has 148 valence electrons. The minimum absolute atomic E-state index is 0.103. The zero-order valence-corrected chi connectivity index (χ0v) is 14.7. The molecule has 0 atom stereocenters. The molecule has 3 aromatic rings. The van der Waals surface area contributed by atoms with E-state index in [1.54, 1.807) is 0 Å². The Morgan fingerprint density at radius 1 is 0.793 bits per heavy atom. The van der Waals surface area contributed by atoms with Crippen LogP contribution in [-0.2, 0) is 13.1 Å². The van der Waals surface area contributed by atoms with E-state index in [0.29, 0.717) is 15.7 Å². The molecular formula is C18H13FN4O6. The molecule has 0 aliphatic heterocycles. The van der Waals surface area contributed by atoms with E-state index in [1.165, 1.54) is 48.5 Å². The molecule has 0 unspecified atom stereocenters. The van der Waals surface area contributed by atoms with Crippen molar-refractivity contribution in [1.82, 2.24) is 9.13 Å². The van der Waals surface area contributed by atoms with E-state index >= 15 is 0 Å². The summed E-state index contributed by atoms with van der Waals surface area (Å²) in [5.74, 6) is -1.14. The van der Waals surface area contributed by atoms with Gasteiger partial charge in [-0.1, -0.05) is 24.3 Å². The molecule has 1 aromatic heterocycles. The molecule has 0 radical (unpaired) electrons. The van der Waals surface area contributed by atoms with Gasteiger partial charge in [0.1, 0.15) is 0 Å². The lowest BCUT2D eigenvalue weighted by atomic mass is 10.2. The van der Waals surface area contributed by atoms with Gasteiger partial charge in [-0.3, -0.25) is 34.2 Å². The van der Waals surface area contributed by atoms with Gasteiger partial charge < -0.3 is 0 Å². The summed E-state index contributed by atoms with van der Waals surface area (Å²) in [7, 11) is 0. The monoisotopic (exact) mass is 400 g/mol. The van der Waals surface area contributed by atoms with E-state index < -0.39 is 26.9 Å². The lowest BCUT2D eigenvalue weighted by Crippen LogP contribution is -2.41. The maximum absolute atomic E-state index is 14.1. The number of halogens is 1. The van der Waals surface area contributed by atoms with Crippen molar-refractivity contribution in [1.29, 1.82) is 0 Å². The second-order valence-electron chi connectivity index (χ2n) is 6.13. The lowest BCUT2D eigenvalue weighted by Gasteiger charge is -2.11. The first kappa shape index (κ1) is 19.6. The van der Waals surface area contributed by atoms with Crippen LogP contribution in [0.3, 0.4) is 0 Å². The van der Waals surface area contributed by atoms with Gasteiger partial charge >= 0.3 is 5.69 Å². The fourth-order valence-electron chi connectivity index (χ4n) is 2.70. The average Bonchev–Trinajstić information content (AvgIpc) is 2.70. The van der Waals surface area contributed by atoms with Gasteiger partial charge in [0.15, 0.2) is 0 Å². The number of nitrogens with zero attached hydrogens (tertiary/aromatic N) is 4. The summed E-state index contributed by atoms with van der Waals surface area (Å²) in [6, 6.07) is 10.5. The number of rotatable bonds is 6. The predicted molar refractivity (Wildman–Crippen MR) is 99.3 cm³/mol. The maximum Gasteiger partial charge on any atom is 0.331 e. The van der Waals surface area contributed by atoms with Crippen molar-refractivity contribution >= 4 is 11.4 Å². The van der Waals surface area contributed by atoms with Crippen LogP contribution in [0, 0.1) is 26.0 Å². The number of non-ortho nitro benzene ring substituents is 2. The molecule has 29 heavy (non-hydrogen) atoms. The maximum atomic E-state index is 14.1. The molecule has 0 fully saturated rings. The number of benzene rings is 2. The van der Waals surface area contributed by atoms with Crippen LogP contribution in [0.5, 0.6) is 0 Å². The number of hydrogen-bond donors (Lipinski definition) is 0. The van der Waals surface area contributed by atoms with Gasteiger partial charge in [0.05, 0.1) is 29.1 Å². The van der Waals surface area contributed by atoms with E-state index in [0.717, 1.165) is 10.8 Å². The fraction of sp³-hybridized carbons (Fsp3) is 0.111. The molecule has 0 saturated heterocycles. The molecular weight excluding hydrogens is 387 g/mol. The first-order valence-corrected chi connectivity index (χ1v) is 8.22. The van der Waals surface area contributed by atoms with Gasteiger partial charge in [0.25, 0.3) is 16.9 Å². The Hall–Kier alpha value is -4.15. The third kappa shape index (κ3) is 4.24.